The molecule has 1 fully saturated rings. The Labute approximate surface area is 159 Å². The van der Waals surface area contributed by atoms with Crippen LogP contribution in [-0.4, -0.2) is 42.4 Å². The van der Waals surface area contributed by atoms with Gasteiger partial charge in [-0.2, -0.15) is 0 Å². The summed E-state index contributed by atoms with van der Waals surface area (Å²) in [6, 6.07) is 9.86. The van der Waals surface area contributed by atoms with Crippen molar-refractivity contribution in [2.24, 2.45) is 0 Å². The highest BCUT2D eigenvalue weighted by atomic mass is 32.1. The third kappa shape index (κ3) is 5.71. The highest BCUT2D eigenvalue weighted by Crippen LogP contribution is 2.31. The molecule has 0 saturated carbocycles. The van der Waals surface area contributed by atoms with E-state index in [0.29, 0.717) is 12.8 Å². The zero-order valence-electron chi connectivity index (χ0n) is 15.6. The number of methoxy groups -OCH3 is 1. The molecule has 3 atom stereocenters. The van der Waals surface area contributed by atoms with Crippen LogP contribution >= 0.6 is 11.3 Å². The first-order valence-electron chi connectivity index (χ1n) is 8.98. The third-order valence-electron chi connectivity index (χ3n) is 4.03. The number of aliphatic hydroxyl groups is 2. The van der Waals surface area contributed by atoms with Crippen LogP contribution in [0.1, 0.15) is 37.1 Å². The van der Waals surface area contributed by atoms with Crippen LogP contribution in [0.5, 0.6) is 11.5 Å². The van der Waals surface area contributed by atoms with Crippen molar-refractivity contribution >= 4 is 11.3 Å². The largest absolute Gasteiger partial charge is 0.497 e. The topological polar surface area (TPSA) is 68.2 Å². The maximum atomic E-state index is 9.88. The predicted octanol–water partition coefficient (Wildman–Crippen LogP) is 3.61. The van der Waals surface area contributed by atoms with Gasteiger partial charge in [0.15, 0.2) is 0 Å². The summed E-state index contributed by atoms with van der Waals surface area (Å²) in [6.07, 6.45) is 0.199. The Morgan fingerprint density at radius 3 is 2.54 bits per heavy atom. The van der Waals surface area contributed by atoms with E-state index in [4.69, 9.17) is 14.2 Å². The number of thiophene rings is 1. The van der Waals surface area contributed by atoms with Gasteiger partial charge < -0.3 is 24.4 Å². The standard InChI is InChI=1S/C18H22O5S.C2H6/c1-21-14-4-2-12(3-5-14)8-17-16(6-7-24-17)23-18-10-13(20)9-15(11-19)22-18;1-2/h2-7,13,15,18-20H,8-11H2,1H3;1-2H3. The van der Waals surface area contributed by atoms with Gasteiger partial charge in [-0.05, 0) is 29.1 Å². The molecule has 144 valence electrons. The first kappa shape index (κ1) is 20.7. The fourth-order valence-electron chi connectivity index (χ4n) is 2.77. The Morgan fingerprint density at radius 2 is 1.88 bits per heavy atom. The van der Waals surface area contributed by atoms with Crippen molar-refractivity contribution < 1.29 is 24.4 Å². The summed E-state index contributed by atoms with van der Waals surface area (Å²) in [5.74, 6) is 1.60. The van der Waals surface area contributed by atoms with Crippen LogP contribution in [-0.2, 0) is 11.2 Å². The quantitative estimate of drug-likeness (QED) is 0.801. The molecule has 1 aromatic carbocycles. The number of hydrogen-bond donors (Lipinski definition) is 2. The van der Waals surface area contributed by atoms with Crippen molar-refractivity contribution in [3.05, 3.63) is 46.2 Å². The molecule has 0 amide bonds. The third-order valence-corrected chi connectivity index (χ3v) is 4.94. The van der Waals surface area contributed by atoms with E-state index in [1.165, 1.54) is 5.56 Å². The number of hydrogen-bond acceptors (Lipinski definition) is 6. The highest BCUT2D eigenvalue weighted by Gasteiger charge is 2.29. The lowest BCUT2D eigenvalue weighted by Gasteiger charge is -2.32. The molecule has 1 aromatic heterocycles. The van der Waals surface area contributed by atoms with Crippen molar-refractivity contribution in [3.63, 3.8) is 0 Å². The SMILES string of the molecule is CC.COc1ccc(Cc2sccc2OC2CC(O)CC(CO)O2)cc1. The maximum Gasteiger partial charge on any atom is 0.202 e. The van der Waals surface area contributed by atoms with Gasteiger partial charge in [0, 0.05) is 19.3 Å². The summed E-state index contributed by atoms with van der Waals surface area (Å²) in [6.45, 7) is 3.89. The highest BCUT2D eigenvalue weighted by molar-refractivity contribution is 7.10. The number of benzene rings is 1. The first-order chi connectivity index (χ1) is 12.7. The zero-order chi connectivity index (χ0) is 18.9. The van der Waals surface area contributed by atoms with Crippen molar-refractivity contribution in [1.82, 2.24) is 0 Å². The van der Waals surface area contributed by atoms with Crippen molar-refractivity contribution in [3.8, 4) is 11.5 Å². The summed E-state index contributed by atoms with van der Waals surface area (Å²) in [5, 5.41) is 21.1. The molecule has 26 heavy (non-hydrogen) atoms. The average Bonchev–Trinajstić information content (AvgIpc) is 3.10. The molecule has 1 saturated heterocycles. The molecule has 0 radical (unpaired) electrons. The molecule has 2 N–H and O–H groups in total. The van der Waals surface area contributed by atoms with E-state index in [-0.39, 0.29) is 12.7 Å². The molecule has 1 aliphatic rings. The van der Waals surface area contributed by atoms with E-state index in [9.17, 15) is 10.2 Å². The lowest BCUT2D eigenvalue weighted by atomic mass is 10.1. The molecule has 6 heteroatoms. The van der Waals surface area contributed by atoms with Crippen LogP contribution in [0.4, 0.5) is 0 Å². The van der Waals surface area contributed by atoms with Crippen LogP contribution in [0.3, 0.4) is 0 Å². The Morgan fingerprint density at radius 1 is 1.15 bits per heavy atom. The molecule has 1 aliphatic heterocycles. The second kappa shape index (κ2) is 10.5. The smallest absolute Gasteiger partial charge is 0.202 e. The van der Waals surface area contributed by atoms with E-state index < -0.39 is 12.4 Å². The number of aliphatic hydroxyl groups excluding tert-OH is 2. The molecule has 3 rings (SSSR count). The number of ether oxygens (including phenoxy) is 3. The van der Waals surface area contributed by atoms with Gasteiger partial charge in [0.1, 0.15) is 11.5 Å². The van der Waals surface area contributed by atoms with Gasteiger partial charge >= 0.3 is 0 Å². The maximum absolute atomic E-state index is 9.88. The van der Waals surface area contributed by atoms with Gasteiger partial charge in [0.05, 0.1) is 30.8 Å². The van der Waals surface area contributed by atoms with Crippen molar-refractivity contribution in [2.45, 2.75) is 51.6 Å². The molecule has 0 aliphatic carbocycles. The van der Waals surface area contributed by atoms with E-state index >= 15 is 0 Å². The monoisotopic (exact) mass is 380 g/mol. The summed E-state index contributed by atoms with van der Waals surface area (Å²) < 4.78 is 16.8. The van der Waals surface area contributed by atoms with Crippen molar-refractivity contribution in [2.75, 3.05) is 13.7 Å². The van der Waals surface area contributed by atoms with Crippen LogP contribution in [0.15, 0.2) is 35.7 Å². The minimum absolute atomic E-state index is 0.112. The molecule has 3 unspecified atom stereocenters. The van der Waals surface area contributed by atoms with Crippen LogP contribution in [0, 0.1) is 0 Å². The van der Waals surface area contributed by atoms with E-state index in [1.807, 2.05) is 49.6 Å². The molecule has 2 heterocycles. The average molecular weight is 381 g/mol. The van der Waals surface area contributed by atoms with Crippen LogP contribution in [0.2, 0.25) is 0 Å². The Kier molecular flexibility index (Phi) is 8.38. The van der Waals surface area contributed by atoms with Crippen LogP contribution in [0.25, 0.3) is 0 Å². The lowest BCUT2D eigenvalue weighted by molar-refractivity contribution is -0.184. The Balaban J connectivity index is 0.00000117. The lowest BCUT2D eigenvalue weighted by Crippen LogP contribution is -2.40. The van der Waals surface area contributed by atoms with E-state index in [1.54, 1.807) is 18.4 Å². The van der Waals surface area contributed by atoms with E-state index in [2.05, 4.69) is 0 Å². The molecule has 2 aromatic rings. The fraction of sp³-hybridized carbons (Fsp3) is 0.500. The minimum atomic E-state index is -0.532. The predicted molar refractivity (Wildman–Crippen MR) is 103 cm³/mol. The summed E-state index contributed by atoms with van der Waals surface area (Å²) in [5.41, 5.74) is 1.17. The second-order valence-electron chi connectivity index (χ2n) is 5.85. The summed E-state index contributed by atoms with van der Waals surface area (Å²) >= 11 is 1.63. The van der Waals surface area contributed by atoms with Gasteiger partial charge in [-0.3, -0.25) is 0 Å². The fourth-order valence-corrected chi connectivity index (χ4v) is 3.61. The normalized spacial score (nSPS) is 22.3. The Hall–Kier alpha value is -1.60. The van der Waals surface area contributed by atoms with Gasteiger partial charge in [-0.15, -0.1) is 11.3 Å². The van der Waals surface area contributed by atoms with Gasteiger partial charge in [-0.1, -0.05) is 26.0 Å². The zero-order valence-corrected chi connectivity index (χ0v) is 16.4. The van der Waals surface area contributed by atoms with E-state index in [0.717, 1.165) is 22.8 Å². The molecule has 5 nitrogen and oxygen atoms in total. The van der Waals surface area contributed by atoms with Gasteiger partial charge in [0.25, 0.3) is 0 Å². The van der Waals surface area contributed by atoms with Gasteiger partial charge in [-0.25, -0.2) is 0 Å². The molecule has 0 spiro atoms. The number of rotatable bonds is 6. The minimum Gasteiger partial charge on any atom is -0.497 e. The van der Waals surface area contributed by atoms with Crippen LogP contribution < -0.4 is 9.47 Å². The summed E-state index contributed by atoms with van der Waals surface area (Å²) in [4.78, 5) is 1.10. The first-order valence-corrected chi connectivity index (χ1v) is 9.86. The second-order valence-corrected chi connectivity index (χ2v) is 6.85. The molecule has 0 bridgehead atoms. The molecular formula is C20H28O5S. The Bertz CT molecular complexity index is 640. The van der Waals surface area contributed by atoms with Crippen molar-refractivity contribution in [1.29, 1.82) is 0 Å². The summed E-state index contributed by atoms with van der Waals surface area (Å²) in [7, 11) is 1.65. The van der Waals surface area contributed by atoms with Gasteiger partial charge in [0.2, 0.25) is 6.29 Å². The molecular weight excluding hydrogens is 352 g/mol.